The molecule has 0 aromatic heterocycles. The van der Waals surface area contributed by atoms with E-state index in [1.165, 1.54) is 0 Å². The van der Waals surface area contributed by atoms with Gasteiger partial charge in [-0.25, -0.2) is 4.79 Å². The van der Waals surface area contributed by atoms with Crippen LogP contribution in [-0.2, 0) is 4.79 Å². The molecule has 1 N–H and O–H groups in total. The number of piperazine rings is 1. The van der Waals surface area contributed by atoms with Crippen LogP contribution < -0.4 is 5.32 Å². The quantitative estimate of drug-likeness (QED) is 0.726. The first kappa shape index (κ1) is 16.8. The third kappa shape index (κ3) is 4.67. The van der Waals surface area contributed by atoms with Gasteiger partial charge in [-0.2, -0.15) is 0 Å². The van der Waals surface area contributed by atoms with E-state index in [9.17, 15) is 9.59 Å². The number of carbonyl (C=O) groups is 2. The number of urea groups is 1. The lowest BCUT2D eigenvalue weighted by molar-refractivity contribution is -0.131. The minimum Gasteiger partial charge on any atom is -0.338 e. The second kappa shape index (κ2) is 8.79. The van der Waals surface area contributed by atoms with Crippen LogP contribution in [0.2, 0.25) is 0 Å². The van der Waals surface area contributed by atoms with Crippen LogP contribution in [0.5, 0.6) is 0 Å². The molecule has 0 spiro atoms. The molecule has 1 aliphatic heterocycles. The lowest BCUT2D eigenvalue weighted by atomic mass is 10.3. The van der Waals surface area contributed by atoms with Crippen molar-refractivity contribution in [2.24, 2.45) is 0 Å². The monoisotopic (exact) mass is 284 g/mol. The minimum atomic E-state index is 0.0891. The molecule has 0 atom stereocenters. The molecule has 1 saturated heterocycles. The van der Waals surface area contributed by atoms with E-state index in [2.05, 4.69) is 12.2 Å². The number of carbonyl (C=O) groups excluding carboxylic acids is 2. The number of rotatable bonds is 6. The first-order valence-corrected chi connectivity index (χ1v) is 7.66. The fraction of sp³-hybridized carbons (Fsp3) is 0.857. The normalized spacial score (nSPS) is 15.3. The zero-order chi connectivity index (χ0) is 15.0. The van der Waals surface area contributed by atoms with Crippen molar-refractivity contribution >= 4 is 11.9 Å². The smallest absolute Gasteiger partial charge is 0.320 e. The van der Waals surface area contributed by atoms with Crippen LogP contribution in [0, 0.1) is 0 Å². The van der Waals surface area contributed by atoms with Crippen molar-refractivity contribution in [3.8, 4) is 0 Å². The largest absolute Gasteiger partial charge is 0.338 e. The lowest BCUT2D eigenvalue weighted by Crippen LogP contribution is -2.55. The standard InChI is InChI=1S/C14H28N4O2/c1-4-7-15-12-13(19)17-8-10-18(11-9-17)14(20)16(5-2)6-3/h15H,4-12H2,1-3H3. The first-order valence-electron chi connectivity index (χ1n) is 7.66. The molecule has 3 amide bonds. The average molecular weight is 284 g/mol. The predicted molar refractivity (Wildman–Crippen MR) is 79.6 cm³/mol. The van der Waals surface area contributed by atoms with Gasteiger partial charge in [0.15, 0.2) is 0 Å². The number of amides is 3. The van der Waals surface area contributed by atoms with Gasteiger partial charge >= 0.3 is 6.03 Å². The van der Waals surface area contributed by atoms with E-state index in [4.69, 9.17) is 0 Å². The third-order valence-corrected chi connectivity index (χ3v) is 3.64. The summed E-state index contributed by atoms with van der Waals surface area (Å²) in [6.45, 7) is 11.3. The van der Waals surface area contributed by atoms with Gasteiger partial charge in [-0.3, -0.25) is 4.79 Å². The van der Waals surface area contributed by atoms with E-state index < -0.39 is 0 Å². The van der Waals surface area contributed by atoms with Gasteiger partial charge in [0.1, 0.15) is 0 Å². The molecule has 1 aliphatic rings. The van der Waals surface area contributed by atoms with Gasteiger partial charge < -0.3 is 20.0 Å². The molecule has 0 bridgehead atoms. The number of hydrogen-bond acceptors (Lipinski definition) is 3. The number of hydrogen-bond donors (Lipinski definition) is 1. The van der Waals surface area contributed by atoms with Gasteiger partial charge in [-0.1, -0.05) is 6.92 Å². The summed E-state index contributed by atoms with van der Waals surface area (Å²) in [6.07, 6.45) is 1.03. The topological polar surface area (TPSA) is 55.9 Å². The van der Waals surface area contributed by atoms with Gasteiger partial charge in [0.2, 0.25) is 5.91 Å². The maximum Gasteiger partial charge on any atom is 0.320 e. The molecule has 0 aliphatic carbocycles. The average Bonchev–Trinajstić information content (AvgIpc) is 2.48. The molecular formula is C14H28N4O2. The highest BCUT2D eigenvalue weighted by Crippen LogP contribution is 2.06. The molecule has 20 heavy (non-hydrogen) atoms. The minimum absolute atomic E-state index is 0.0891. The molecule has 0 radical (unpaired) electrons. The Bertz CT molecular complexity index is 310. The molecule has 1 rings (SSSR count). The second-order valence-electron chi connectivity index (χ2n) is 5.00. The first-order chi connectivity index (χ1) is 9.63. The number of nitrogens with zero attached hydrogens (tertiary/aromatic N) is 3. The van der Waals surface area contributed by atoms with E-state index in [1.807, 2.05) is 28.5 Å². The van der Waals surface area contributed by atoms with Gasteiger partial charge in [0.05, 0.1) is 6.54 Å². The highest BCUT2D eigenvalue weighted by Gasteiger charge is 2.25. The Morgan fingerprint density at radius 2 is 1.55 bits per heavy atom. The Morgan fingerprint density at radius 1 is 1.00 bits per heavy atom. The maximum atomic E-state index is 12.2. The predicted octanol–water partition coefficient (Wildman–Crippen LogP) is 0.592. The van der Waals surface area contributed by atoms with Crippen LogP contribution in [0.3, 0.4) is 0 Å². The summed E-state index contributed by atoms with van der Waals surface area (Å²) in [4.78, 5) is 29.6. The van der Waals surface area contributed by atoms with Crippen LogP contribution in [0.1, 0.15) is 27.2 Å². The van der Waals surface area contributed by atoms with E-state index in [-0.39, 0.29) is 11.9 Å². The Hall–Kier alpha value is -1.30. The van der Waals surface area contributed by atoms with Crippen molar-refractivity contribution < 1.29 is 9.59 Å². The highest BCUT2D eigenvalue weighted by molar-refractivity contribution is 5.79. The molecule has 116 valence electrons. The summed E-state index contributed by atoms with van der Waals surface area (Å²) in [5, 5.41) is 3.12. The Labute approximate surface area is 122 Å². The number of nitrogens with one attached hydrogen (secondary N) is 1. The van der Waals surface area contributed by atoms with E-state index in [0.717, 1.165) is 26.1 Å². The summed E-state index contributed by atoms with van der Waals surface area (Å²) < 4.78 is 0. The Kier molecular flexibility index (Phi) is 7.36. The van der Waals surface area contributed by atoms with Crippen LogP contribution >= 0.6 is 0 Å². The van der Waals surface area contributed by atoms with Crippen LogP contribution in [-0.4, -0.2) is 79.0 Å². The molecule has 0 aromatic rings. The molecule has 0 saturated carbocycles. The summed E-state index contributed by atoms with van der Waals surface area (Å²) in [7, 11) is 0. The lowest BCUT2D eigenvalue weighted by Gasteiger charge is -2.37. The van der Waals surface area contributed by atoms with Crippen molar-refractivity contribution in [2.75, 3.05) is 52.4 Å². The Balaban J connectivity index is 2.35. The molecule has 0 unspecified atom stereocenters. The van der Waals surface area contributed by atoms with Crippen molar-refractivity contribution in [2.45, 2.75) is 27.2 Å². The highest BCUT2D eigenvalue weighted by atomic mass is 16.2. The van der Waals surface area contributed by atoms with Gasteiger partial charge in [-0.15, -0.1) is 0 Å². The fourth-order valence-corrected chi connectivity index (χ4v) is 2.33. The van der Waals surface area contributed by atoms with Crippen molar-refractivity contribution in [1.82, 2.24) is 20.0 Å². The van der Waals surface area contributed by atoms with Crippen molar-refractivity contribution in [1.29, 1.82) is 0 Å². The fourth-order valence-electron chi connectivity index (χ4n) is 2.33. The molecule has 6 nitrogen and oxygen atoms in total. The third-order valence-electron chi connectivity index (χ3n) is 3.64. The van der Waals surface area contributed by atoms with E-state index in [0.29, 0.717) is 32.7 Å². The maximum absolute atomic E-state index is 12.2. The zero-order valence-corrected chi connectivity index (χ0v) is 13.0. The van der Waals surface area contributed by atoms with E-state index >= 15 is 0 Å². The van der Waals surface area contributed by atoms with Gasteiger partial charge in [0, 0.05) is 39.3 Å². The SMILES string of the molecule is CCCNCC(=O)N1CCN(C(=O)N(CC)CC)CC1. The molecule has 1 fully saturated rings. The van der Waals surface area contributed by atoms with Gasteiger partial charge in [0.25, 0.3) is 0 Å². The van der Waals surface area contributed by atoms with E-state index in [1.54, 1.807) is 0 Å². The van der Waals surface area contributed by atoms with Crippen molar-refractivity contribution in [3.63, 3.8) is 0 Å². The Morgan fingerprint density at radius 3 is 2.05 bits per heavy atom. The molecule has 1 heterocycles. The summed E-state index contributed by atoms with van der Waals surface area (Å²) >= 11 is 0. The summed E-state index contributed by atoms with van der Waals surface area (Å²) in [5.74, 6) is 0.133. The van der Waals surface area contributed by atoms with Gasteiger partial charge in [-0.05, 0) is 26.8 Å². The van der Waals surface area contributed by atoms with Crippen LogP contribution in [0.4, 0.5) is 4.79 Å². The van der Waals surface area contributed by atoms with Crippen molar-refractivity contribution in [3.05, 3.63) is 0 Å². The molecular weight excluding hydrogens is 256 g/mol. The summed E-state index contributed by atoms with van der Waals surface area (Å²) in [6, 6.07) is 0.0891. The second-order valence-corrected chi connectivity index (χ2v) is 5.00. The van der Waals surface area contributed by atoms with Crippen LogP contribution in [0.15, 0.2) is 0 Å². The van der Waals surface area contributed by atoms with Crippen LogP contribution in [0.25, 0.3) is 0 Å². The summed E-state index contributed by atoms with van der Waals surface area (Å²) in [5.41, 5.74) is 0. The zero-order valence-electron chi connectivity index (χ0n) is 13.0. The molecule has 6 heteroatoms. The molecule has 0 aromatic carbocycles.